The van der Waals surface area contributed by atoms with Crippen LogP contribution >= 0.6 is 0 Å². The third kappa shape index (κ3) is 4.08. The topological polar surface area (TPSA) is 81.4 Å². The number of halogens is 2. The molecule has 3 aromatic rings. The van der Waals surface area contributed by atoms with Gasteiger partial charge in [-0.1, -0.05) is 11.2 Å². The third-order valence-corrected chi connectivity index (χ3v) is 3.99. The first-order chi connectivity index (χ1) is 13.0. The van der Waals surface area contributed by atoms with Crippen molar-refractivity contribution >= 4 is 5.91 Å². The van der Waals surface area contributed by atoms with Crippen molar-refractivity contribution in [3.05, 3.63) is 71.6 Å². The third-order valence-electron chi connectivity index (χ3n) is 3.99. The van der Waals surface area contributed by atoms with Crippen molar-refractivity contribution in [2.75, 3.05) is 7.05 Å². The Morgan fingerprint density at radius 1 is 1.30 bits per heavy atom. The predicted molar refractivity (Wildman–Crippen MR) is 89.7 cm³/mol. The molecule has 0 aliphatic rings. The Balaban J connectivity index is 1.67. The lowest BCUT2D eigenvalue weighted by atomic mass is 10.2. The molecule has 1 amide bonds. The van der Waals surface area contributed by atoms with Gasteiger partial charge in [-0.15, -0.1) is 0 Å². The molecule has 3 rings (SSSR count). The van der Waals surface area contributed by atoms with E-state index >= 15 is 0 Å². The predicted octanol–water partition coefficient (Wildman–Crippen LogP) is 3.16. The Morgan fingerprint density at radius 2 is 2.04 bits per heavy atom. The number of carbonyl (C=O) groups is 1. The minimum Gasteiger partial charge on any atom is -0.479 e. The lowest BCUT2D eigenvalue weighted by molar-refractivity contribution is 0.0729. The van der Waals surface area contributed by atoms with Crippen LogP contribution in [0.5, 0.6) is 5.75 Å². The Kier molecular flexibility index (Phi) is 5.39. The standard InChI is InChI=1S/C18H16F2N4O3/c1-11(15-6-7-21-10-22-15)24(2)18(25)16-8-12(27-23-16)9-26-17-13(19)4-3-5-14(17)20/h3-8,10-11H,9H2,1-2H3. The summed E-state index contributed by atoms with van der Waals surface area (Å²) in [6, 6.07) is 6.15. The second-order valence-corrected chi connectivity index (χ2v) is 5.74. The van der Waals surface area contributed by atoms with Gasteiger partial charge in [0.2, 0.25) is 0 Å². The number of para-hydroxylation sites is 1. The van der Waals surface area contributed by atoms with Crippen LogP contribution in [0, 0.1) is 11.6 Å². The number of ether oxygens (including phenoxy) is 1. The lowest BCUT2D eigenvalue weighted by Gasteiger charge is -2.23. The molecule has 0 aliphatic heterocycles. The van der Waals surface area contributed by atoms with Crippen LogP contribution in [0.15, 0.2) is 47.4 Å². The first-order valence-corrected chi connectivity index (χ1v) is 8.03. The highest BCUT2D eigenvalue weighted by Crippen LogP contribution is 2.23. The highest BCUT2D eigenvalue weighted by molar-refractivity contribution is 5.92. The maximum absolute atomic E-state index is 13.6. The molecule has 140 valence electrons. The quantitative estimate of drug-likeness (QED) is 0.659. The van der Waals surface area contributed by atoms with Crippen molar-refractivity contribution in [2.45, 2.75) is 19.6 Å². The fraction of sp³-hybridized carbons (Fsp3) is 0.222. The molecule has 1 aromatic carbocycles. The minimum atomic E-state index is -0.829. The summed E-state index contributed by atoms with van der Waals surface area (Å²) in [5, 5.41) is 3.70. The molecule has 0 saturated carbocycles. The normalized spacial score (nSPS) is 11.9. The van der Waals surface area contributed by atoms with Gasteiger partial charge in [-0.3, -0.25) is 4.79 Å². The molecule has 0 spiro atoms. The smallest absolute Gasteiger partial charge is 0.276 e. The fourth-order valence-electron chi connectivity index (χ4n) is 2.35. The van der Waals surface area contributed by atoms with Crippen LogP contribution in [0.1, 0.15) is 34.9 Å². The Morgan fingerprint density at radius 3 is 2.70 bits per heavy atom. The van der Waals surface area contributed by atoms with Crippen molar-refractivity contribution in [1.82, 2.24) is 20.0 Å². The largest absolute Gasteiger partial charge is 0.479 e. The molecule has 0 bridgehead atoms. The van der Waals surface area contributed by atoms with E-state index in [1.165, 1.54) is 23.4 Å². The number of aromatic nitrogens is 3. The number of carbonyl (C=O) groups excluding carboxylic acids is 1. The van der Waals surface area contributed by atoms with E-state index in [0.29, 0.717) is 5.69 Å². The number of rotatable bonds is 6. The van der Waals surface area contributed by atoms with E-state index in [-0.39, 0.29) is 24.1 Å². The van der Waals surface area contributed by atoms with Gasteiger partial charge in [0.05, 0.1) is 11.7 Å². The zero-order valence-corrected chi connectivity index (χ0v) is 14.6. The summed E-state index contributed by atoms with van der Waals surface area (Å²) in [5.41, 5.74) is 0.717. The molecular weight excluding hydrogens is 358 g/mol. The Bertz CT molecular complexity index is 913. The van der Waals surface area contributed by atoms with Crippen LogP contribution in [0.2, 0.25) is 0 Å². The highest BCUT2D eigenvalue weighted by Gasteiger charge is 2.23. The molecule has 7 nitrogen and oxygen atoms in total. The van der Waals surface area contributed by atoms with Crippen LogP contribution in [-0.4, -0.2) is 33.0 Å². The van der Waals surface area contributed by atoms with E-state index in [2.05, 4.69) is 15.1 Å². The SMILES string of the molecule is CC(c1ccncn1)N(C)C(=O)c1cc(COc2c(F)cccc2F)on1. The van der Waals surface area contributed by atoms with Crippen molar-refractivity contribution < 1.29 is 22.8 Å². The van der Waals surface area contributed by atoms with E-state index in [0.717, 1.165) is 12.1 Å². The fourth-order valence-corrected chi connectivity index (χ4v) is 2.35. The highest BCUT2D eigenvalue weighted by atomic mass is 19.1. The molecule has 0 aliphatic carbocycles. The van der Waals surface area contributed by atoms with Gasteiger partial charge in [-0.2, -0.15) is 0 Å². The molecule has 27 heavy (non-hydrogen) atoms. The lowest BCUT2D eigenvalue weighted by Crippen LogP contribution is -2.30. The second kappa shape index (κ2) is 7.90. The van der Waals surface area contributed by atoms with E-state index in [4.69, 9.17) is 9.26 Å². The van der Waals surface area contributed by atoms with Crippen LogP contribution in [-0.2, 0) is 6.61 Å². The first kappa shape index (κ1) is 18.4. The van der Waals surface area contributed by atoms with Crippen LogP contribution in [0.3, 0.4) is 0 Å². The van der Waals surface area contributed by atoms with E-state index in [1.54, 1.807) is 19.3 Å². The van der Waals surface area contributed by atoms with Crippen LogP contribution in [0.25, 0.3) is 0 Å². The summed E-state index contributed by atoms with van der Waals surface area (Å²) in [7, 11) is 1.61. The summed E-state index contributed by atoms with van der Waals surface area (Å²) >= 11 is 0. The molecule has 1 atom stereocenters. The number of nitrogens with zero attached hydrogens (tertiary/aromatic N) is 4. The molecular formula is C18H16F2N4O3. The molecule has 0 radical (unpaired) electrons. The summed E-state index contributed by atoms with van der Waals surface area (Å²) in [5.74, 6) is -2.41. The molecule has 2 heterocycles. The van der Waals surface area contributed by atoms with Gasteiger partial charge in [0.15, 0.2) is 28.8 Å². The van der Waals surface area contributed by atoms with Gasteiger partial charge in [0.1, 0.15) is 12.9 Å². The van der Waals surface area contributed by atoms with Gasteiger partial charge in [0, 0.05) is 19.3 Å². The number of hydrogen-bond donors (Lipinski definition) is 0. The first-order valence-electron chi connectivity index (χ1n) is 8.03. The molecule has 0 N–H and O–H groups in total. The molecule has 2 aromatic heterocycles. The number of amides is 1. The van der Waals surface area contributed by atoms with Crippen molar-refractivity contribution in [3.63, 3.8) is 0 Å². The molecule has 1 unspecified atom stereocenters. The summed E-state index contributed by atoms with van der Waals surface area (Å²) in [6.07, 6.45) is 2.99. The van der Waals surface area contributed by atoms with Crippen molar-refractivity contribution in [2.24, 2.45) is 0 Å². The van der Waals surface area contributed by atoms with E-state index in [1.807, 2.05) is 6.92 Å². The minimum absolute atomic E-state index is 0.0472. The van der Waals surface area contributed by atoms with Crippen molar-refractivity contribution in [1.29, 1.82) is 0 Å². The average Bonchev–Trinajstić information content (AvgIpc) is 3.15. The van der Waals surface area contributed by atoms with E-state index < -0.39 is 23.3 Å². The zero-order valence-electron chi connectivity index (χ0n) is 14.6. The average molecular weight is 374 g/mol. The van der Waals surface area contributed by atoms with Gasteiger partial charge in [-0.25, -0.2) is 18.7 Å². The maximum atomic E-state index is 13.6. The molecule has 9 heteroatoms. The summed E-state index contributed by atoms with van der Waals surface area (Å²) < 4.78 is 37.2. The summed E-state index contributed by atoms with van der Waals surface area (Å²) in [6.45, 7) is 1.54. The monoisotopic (exact) mass is 374 g/mol. The van der Waals surface area contributed by atoms with Gasteiger partial charge in [0.25, 0.3) is 5.91 Å². The number of hydrogen-bond acceptors (Lipinski definition) is 6. The Labute approximate surface area is 153 Å². The van der Waals surface area contributed by atoms with Gasteiger partial charge < -0.3 is 14.2 Å². The zero-order chi connectivity index (χ0) is 19.4. The summed E-state index contributed by atoms with van der Waals surface area (Å²) in [4.78, 5) is 22.0. The molecule has 0 fully saturated rings. The maximum Gasteiger partial charge on any atom is 0.276 e. The van der Waals surface area contributed by atoms with Gasteiger partial charge >= 0.3 is 0 Å². The van der Waals surface area contributed by atoms with E-state index in [9.17, 15) is 13.6 Å². The second-order valence-electron chi connectivity index (χ2n) is 5.74. The van der Waals surface area contributed by atoms with Gasteiger partial charge in [-0.05, 0) is 25.1 Å². The molecule has 0 saturated heterocycles. The van der Waals surface area contributed by atoms with Crippen molar-refractivity contribution in [3.8, 4) is 5.75 Å². The van der Waals surface area contributed by atoms with Crippen LogP contribution < -0.4 is 4.74 Å². The number of benzene rings is 1. The van der Waals surface area contributed by atoms with Crippen LogP contribution in [0.4, 0.5) is 8.78 Å². The Hall–Kier alpha value is -3.36.